The van der Waals surface area contributed by atoms with Crippen molar-refractivity contribution in [2.75, 3.05) is 11.9 Å². The summed E-state index contributed by atoms with van der Waals surface area (Å²) in [5, 5.41) is 11.4. The normalized spacial score (nSPS) is 15.6. The van der Waals surface area contributed by atoms with Crippen molar-refractivity contribution >= 4 is 11.7 Å². The molecule has 0 aromatic heterocycles. The lowest BCUT2D eigenvalue weighted by atomic mass is 9.88. The molecule has 32 heavy (non-hydrogen) atoms. The molecule has 0 spiro atoms. The van der Waals surface area contributed by atoms with Crippen molar-refractivity contribution in [3.63, 3.8) is 0 Å². The number of carbonyl (C=O) groups excluding carboxylic acids is 1. The molecule has 0 radical (unpaired) electrons. The molecule has 4 nitrogen and oxygen atoms in total. The number of nitrogens with one attached hydrogen (secondary N) is 1. The van der Waals surface area contributed by atoms with Crippen LogP contribution in [0.25, 0.3) is 0 Å². The monoisotopic (exact) mass is 439 g/mol. The molecule has 8 heteroatoms. The van der Waals surface area contributed by atoms with Crippen LogP contribution in [0.1, 0.15) is 33.9 Å². The Hall–Kier alpha value is -3.86. The summed E-state index contributed by atoms with van der Waals surface area (Å²) >= 11 is 0. The molecule has 162 valence electrons. The molecule has 0 bridgehead atoms. The maximum Gasteiger partial charge on any atom is 0.416 e. The van der Waals surface area contributed by atoms with Gasteiger partial charge >= 0.3 is 12.2 Å². The predicted octanol–water partition coefficient (Wildman–Crippen LogP) is 5.90. The van der Waals surface area contributed by atoms with Crippen LogP contribution >= 0.6 is 0 Å². The number of benzene rings is 3. The molecule has 0 aliphatic carbocycles. The second kappa shape index (κ2) is 8.35. The summed E-state index contributed by atoms with van der Waals surface area (Å²) < 4.78 is 53.3. The Morgan fingerprint density at radius 3 is 2.44 bits per heavy atom. The second-order valence-electron chi connectivity index (χ2n) is 7.40. The minimum Gasteiger partial charge on any atom is -0.313 e. The summed E-state index contributed by atoms with van der Waals surface area (Å²) in [6, 6.07) is 16.4. The Bertz CT molecular complexity index is 1200. The number of rotatable bonds is 2. The molecule has 3 aromatic carbocycles. The number of nitriles is 1. The van der Waals surface area contributed by atoms with Gasteiger partial charge in [0.15, 0.2) is 0 Å². The molecule has 3 aromatic rings. The minimum absolute atomic E-state index is 0.0842. The van der Waals surface area contributed by atoms with Crippen molar-refractivity contribution in [3.05, 3.63) is 100 Å². The standard InChI is InChI=1S/C24H17F4N3O/c25-20-13-15(14-29)5-10-21(20)30-23(32)31-12-11-16-3-1-2-4-19(16)22(31)17-6-8-18(9-7-17)24(26,27)28/h1-10,13,22H,11-12H2,(H,30,32). The average molecular weight is 439 g/mol. The maximum atomic E-state index is 14.3. The van der Waals surface area contributed by atoms with Gasteiger partial charge in [-0.05, 0) is 53.4 Å². The molecular formula is C24H17F4N3O. The molecule has 0 saturated heterocycles. The highest BCUT2D eigenvalue weighted by Crippen LogP contribution is 2.37. The fraction of sp³-hybridized carbons (Fsp3) is 0.167. The summed E-state index contributed by atoms with van der Waals surface area (Å²) in [5.41, 5.74) is 1.57. The summed E-state index contributed by atoms with van der Waals surface area (Å²) in [6.07, 6.45) is -3.91. The highest BCUT2D eigenvalue weighted by Gasteiger charge is 2.34. The van der Waals surface area contributed by atoms with E-state index in [1.807, 2.05) is 24.3 Å². The van der Waals surface area contributed by atoms with Gasteiger partial charge in [0.05, 0.1) is 28.9 Å². The number of hydrogen-bond donors (Lipinski definition) is 1. The first-order valence-corrected chi connectivity index (χ1v) is 9.80. The van der Waals surface area contributed by atoms with E-state index in [0.717, 1.165) is 29.3 Å². The van der Waals surface area contributed by atoms with E-state index in [4.69, 9.17) is 5.26 Å². The maximum absolute atomic E-state index is 14.3. The van der Waals surface area contributed by atoms with Crippen LogP contribution in [0, 0.1) is 17.1 Å². The molecule has 0 fully saturated rings. The smallest absolute Gasteiger partial charge is 0.313 e. The van der Waals surface area contributed by atoms with Gasteiger partial charge in [-0.25, -0.2) is 9.18 Å². The van der Waals surface area contributed by atoms with Crippen molar-refractivity contribution in [1.29, 1.82) is 5.26 Å². The number of alkyl halides is 3. The summed E-state index contributed by atoms with van der Waals surface area (Å²) in [5.74, 6) is -0.749. The van der Waals surface area contributed by atoms with Crippen LogP contribution in [0.4, 0.5) is 28.0 Å². The Morgan fingerprint density at radius 2 is 1.78 bits per heavy atom. The predicted molar refractivity (Wildman–Crippen MR) is 110 cm³/mol. The summed E-state index contributed by atoms with van der Waals surface area (Å²) in [4.78, 5) is 14.6. The molecule has 2 amide bonds. The van der Waals surface area contributed by atoms with E-state index in [0.29, 0.717) is 18.5 Å². The zero-order valence-corrected chi connectivity index (χ0v) is 16.7. The Kier molecular flexibility index (Phi) is 5.57. The lowest BCUT2D eigenvalue weighted by Crippen LogP contribution is -2.43. The first-order chi connectivity index (χ1) is 15.3. The Morgan fingerprint density at radius 1 is 1.06 bits per heavy atom. The van der Waals surface area contributed by atoms with Crippen LogP contribution in [-0.4, -0.2) is 17.5 Å². The van der Waals surface area contributed by atoms with Gasteiger partial charge in [0.25, 0.3) is 0 Å². The minimum atomic E-state index is -4.47. The molecular weight excluding hydrogens is 422 g/mol. The van der Waals surface area contributed by atoms with Crippen molar-refractivity contribution < 1.29 is 22.4 Å². The van der Waals surface area contributed by atoms with Gasteiger partial charge < -0.3 is 10.2 Å². The topological polar surface area (TPSA) is 56.1 Å². The zero-order chi connectivity index (χ0) is 22.9. The molecule has 1 aliphatic heterocycles. The number of hydrogen-bond acceptors (Lipinski definition) is 2. The number of nitrogens with zero attached hydrogens (tertiary/aromatic N) is 2. The molecule has 1 aliphatic rings. The van der Waals surface area contributed by atoms with Crippen molar-refractivity contribution in [2.45, 2.75) is 18.6 Å². The number of halogens is 4. The van der Waals surface area contributed by atoms with E-state index >= 15 is 0 Å². The largest absolute Gasteiger partial charge is 0.416 e. The number of carbonyl (C=O) groups is 1. The fourth-order valence-electron chi connectivity index (χ4n) is 3.87. The number of amides is 2. The van der Waals surface area contributed by atoms with Crippen LogP contribution in [0.2, 0.25) is 0 Å². The van der Waals surface area contributed by atoms with E-state index in [9.17, 15) is 22.4 Å². The van der Waals surface area contributed by atoms with E-state index in [-0.39, 0.29) is 11.3 Å². The van der Waals surface area contributed by atoms with Gasteiger partial charge in [-0.15, -0.1) is 0 Å². The highest BCUT2D eigenvalue weighted by molar-refractivity contribution is 5.90. The number of fused-ring (bicyclic) bond motifs is 1. The van der Waals surface area contributed by atoms with E-state index in [1.54, 1.807) is 6.07 Å². The van der Waals surface area contributed by atoms with Gasteiger partial charge in [0, 0.05) is 6.54 Å². The third-order valence-electron chi connectivity index (χ3n) is 5.44. The molecule has 0 saturated carbocycles. The van der Waals surface area contributed by atoms with Crippen molar-refractivity contribution in [1.82, 2.24) is 4.90 Å². The molecule has 1 heterocycles. The van der Waals surface area contributed by atoms with Gasteiger partial charge in [-0.2, -0.15) is 18.4 Å². The lowest BCUT2D eigenvalue weighted by molar-refractivity contribution is -0.137. The van der Waals surface area contributed by atoms with Crippen molar-refractivity contribution in [3.8, 4) is 6.07 Å². The Balaban J connectivity index is 1.69. The summed E-state index contributed by atoms with van der Waals surface area (Å²) in [7, 11) is 0. The van der Waals surface area contributed by atoms with Gasteiger partial charge in [-0.1, -0.05) is 36.4 Å². The molecule has 1 N–H and O–H groups in total. The van der Waals surface area contributed by atoms with Gasteiger partial charge in [0.2, 0.25) is 0 Å². The third kappa shape index (κ3) is 4.14. The van der Waals surface area contributed by atoms with Crippen LogP contribution in [0.15, 0.2) is 66.7 Å². The first-order valence-electron chi connectivity index (χ1n) is 9.80. The quantitative estimate of drug-likeness (QED) is 0.506. The fourth-order valence-corrected chi connectivity index (χ4v) is 3.87. The van der Waals surface area contributed by atoms with Crippen LogP contribution < -0.4 is 5.32 Å². The molecule has 4 rings (SSSR count). The van der Waals surface area contributed by atoms with E-state index < -0.39 is 29.6 Å². The van der Waals surface area contributed by atoms with Crippen molar-refractivity contribution in [2.24, 2.45) is 0 Å². The summed E-state index contributed by atoms with van der Waals surface area (Å²) in [6.45, 7) is 0.298. The van der Waals surface area contributed by atoms with Crippen LogP contribution in [-0.2, 0) is 12.6 Å². The second-order valence-corrected chi connectivity index (χ2v) is 7.40. The lowest BCUT2D eigenvalue weighted by Gasteiger charge is -2.37. The highest BCUT2D eigenvalue weighted by atomic mass is 19.4. The molecule has 1 unspecified atom stereocenters. The SMILES string of the molecule is N#Cc1ccc(NC(=O)N2CCc3ccccc3C2c2ccc(C(F)(F)F)cc2)c(F)c1. The number of anilines is 1. The number of urea groups is 1. The van der Waals surface area contributed by atoms with Gasteiger partial charge in [0.1, 0.15) is 5.82 Å². The Labute approximate surface area is 181 Å². The first kappa shape index (κ1) is 21.4. The van der Waals surface area contributed by atoms with Gasteiger partial charge in [-0.3, -0.25) is 0 Å². The third-order valence-corrected chi connectivity index (χ3v) is 5.44. The van der Waals surface area contributed by atoms with E-state index in [2.05, 4.69) is 5.32 Å². The van der Waals surface area contributed by atoms with Crippen LogP contribution in [0.3, 0.4) is 0 Å². The average Bonchev–Trinajstić information content (AvgIpc) is 2.79. The molecule has 1 atom stereocenters. The zero-order valence-electron chi connectivity index (χ0n) is 16.7. The van der Waals surface area contributed by atoms with E-state index in [1.165, 1.54) is 29.2 Å². The van der Waals surface area contributed by atoms with Crippen LogP contribution in [0.5, 0.6) is 0 Å².